The molecule has 0 aliphatic heterocycles. The molecule has 4 heteroatoms. The Labute approximate surface area is 80.7 Å². The minimum Gasteiger partial charge on any atom is -0.441 e. The third-order valence-electron chi connectivity index (χ3n) is 1.81. The van der Waals surface area contributed by atoms with E-state index in [0.717, 1.165) is 22.5 Å². The van der Waals surface area contributed by atoms with Crippen LogP contribution in [-0.4, -0.2) is 9.97 Å². The normalized spacial score (nSPS) is 11.0. The van der Waals surface area contributed by atoms with Crippen molar-refractivity contribution in [2.75, 3.05) is 0 Å². The fourth-order valence-corrected chi connectivity index (χ4v) is 1.51. The summed E-state index contributed by atoms with van der Waals surface area (Å²) in [6, 6.07) is 1.87. The van der Waals surface area contributed by atoms with Gasteiger partial charge in [0.25, 0.3) is 0 Å². The maximum atomic E-state index is 5.74. The second-order valence-electron chi connectivity index (χ2n) is 2.92. The minimum atomic E-state index is 0.365. The largest absolute Gasteiger partial charge is 0.441 e. The van der Waals surface area contributed by atoms with Crippen molar-refractivity contribution in [3.8, 4) is 0 Å². The summed E-state index contributed by atoms with van der Waals surface area (Å²) in [5.74, 6) is 1.01. The molecule has 0 atom stereocenters. The van der Waals surface area contributed by atoms with E-state index >= 15 is 0 Å². The zero-order valence-electron chi connectivity index (χ0n) is 7.47. The molecule has 0 N–H and O–H groups in total. The Kier molecular flexibility index (Phi) is 1.96. The number of aromatic nitrogens is 2. The average Bonchev–Trinajstić information content (AvgIpc) is 2.43. The van der Waals surface area contributed by atoms with E-state index in [1.54, 1.807) is 0 Å². The summed E-state index contributed by atoms with van der Waals surface area (Å²) in [7, 11) is 0. The van der Waals surface area contributed by atoms with Crippen molar-refractivity contribution in [2.24, 2.45) is 0 Å². The maximum Gasteiger partial charge on any atom is 0.192 e. The molecule has 2 rings (SSSR count). The van der Waals surface area contributed by atoms with Gasteiger partial charge in [0.15, 0.2) is 11.5 Å². The number of hydrogen-bond acceptors (Lipinski definition) is 3. The molecule has 0 radical (unpaired) electrons. The van der Waals surface area contributed by atoms with Crippen LogP contribution >= 0.6 is 11.6 Å². The van der Waals surface area contributed by atoms with Crippen LogP contribution in [0.25, 0.3) is 11.1 Å². The van der Waals surface area contributed by atoms with E-state index in [1.165, 1.54) is 0 Å². The van der Waals surface area contributed by atoms with Gasteiger partial charge in [0.1, 0.15) is 5.52 Å². The van der Waals surface area contributed by atoms with Gasteiger partial charge < -0.3 is 4.42 Å². The first kappa shape index (κ1) is 8.51. The van der Waals surface area contributed by atoms with Crippen molar-refractivity contribution in [1.29, 1.82) is 0 Å². The van der Waals surface area contributed by atoms with Gasteiger partial charge in [-0.05, 0) is 6.92 Å². The highest BCUT2D eigenvalue weighted by Crippen LogP contribution is 2.20. The van der Waals surface area contributed by atoms with Gasteiger partial charge in [-0.25, -0.2) is 4.98 Å². The molecule has 0 bridgehead atoms. The van der Waals surface area contributed by atoms with E-state index in [1.807, 2.05) is 19.9 Å². The summed E-state index contributed by atoms with van der Waals surface area (Å²) in [5.41, 5.74) is 3.23. The fraction of sp³-hybridized carbons (Fsp3) is 0.333. The van der Waals surface area contributed by atoms with Crippen LogP contribution < -0.4 is 0 Å². The van der Waals surface area contributed by atoms with Gasteiger partial charge in [-0.3, -0.25) is 4.98 Å². The van der Waals surface area contributed by atoms with Crippen LogP contribution in [0.4, 0.5) is 0 Å². The third-order valence-corrected chi connectivity index (χ3v) is 2.06. The molecule has 0 spiro atoms. The summed E-state index contributed by atoms with van der Waals surface area (Å²) in [6.07, 6.45) is 0. The summed E-state index contributed by atoms with van der Waals surface area (Å²) in [6.45, 7) is 3.72. The smallest absolute Gasteiger partial charge is 0.192 e. The first-order valence-corrected chi connectivity index (χ1v) is 4.54. The lowest BCUT2D eigenvalue weighted by Gasteiger charge is -1.96. The topological polar surface area (TPSA) is 38.9 Å². The highest BCUT2D eigenvalue weighted by molar-refractivity contribution is 6.17. The molecular formula is C9H9ClN2O. The molecule has 0 aliphatic carbocycles. The fourth-order valence-electron chi connectivity index (χ4n) is 1.33. The molecule has 0 aromatic carbocycles. The van der Waals surface area contributed by atoms with Gasteiger partial charge in [-0.15, -0.1) is 11.6 Å². The zero-order chi connectivity index (χ0) is 9.42. The lowest BCUT2D eigenvalue weighted by atomic mass is 10.3. The van der Waals surface area contributed by atoms with E-state index in [9.17, 15) is 0 Å². The summed E-state index contributed by atoms with van der Waals surface area (Å²) in [4.78, 5) is 8.49. The van der Waals surface area contributed by atoms with Crippen molar-refractivity contribution in [3.63, 3.8) is 0 Å². The number of halogens is 1. The average molecular weight is 197 g/mol. The molecule has 0 saturated heterocycles. The Morgan fingerprint density at radius 2 is 2.15 bits per heavy atom. The van der Waals surface area contributed by atoms with Crippen molar-refractivity contribution in [2.45, 2.75) is 19.7 Å². The van der Waals surface area contributed by atoms with Crippen LogP contribution in [-0.2, 0) is 5.88 Å². The standard InChI is InChI=1S/C9H9ClN2O/c1-5-3-8-9(7(4-10)11-5)12-6(2)13-8/h3H,4H2,1-2H3. The van der Waals surface area contributed by atoms with Crippen molar-refractivity contribution >= 4 is 22.7 Å². The Hall–Kier alpha value is -1.09. The number of alkyl halides is 1. The SMILES string of the molecule is Cc1cc2oc(C)nc2c(CCl)n1. The highest BCUT2D eigenvalue weighted by Gasteiger charge is 2.08. The van der Waals surface area contributed by atoms with Gasteiger partial charge in [0, 0.05) is 18.7 Å². The molecular weight excluding hydrogens is 188 g/mol. The molecule has 0 unspecified atom stereocenters. The van der Waals surface area contributed by atoms with Gasteiger partial charge in [0.05, 0.1) is 11.6 Å². The molecule has 0 fully saturated rings. The number of fused-ring (bicyclic) bond motifs is 1. The molecule has 0 aliphatic rings. The maximum absolute atomic E-state index is 5.74. The molecule has 0 amide bonds. The molecule has 68 valence electrons. The number of pyridine rings is 1. The van der Waals surface area contributed by atoms with Crippen LogP contribution in [0, 0.1) is 13.8 Å². The molecule has 0 saturated carbocycles. The summed E-state index contributed by atoms with van der Waals surface area (Å²) >= 11 is 5.74. The van der Waals surface area contributed by atoms with E-state index in [-0.39, 0.29) is 0 Å². The summed E-state index contributed by atoms with van der Waals surface area (Å²) in [5, 5.41) is 0. The van der Waals surface area contributed by atoms with Crippen LogP contribution in [0.1, 0.15) is 17.3 Å². The Balaban J connectivity index is 2.80. The van der Waals surface area contributed by atoms with Gasteiger partial charge in [-0.1, -0.05) is 0 Å². The minimum absolute atomic E-state index is 0.365. The monoisotopic (exact) mass is 196 g/mol. The van der Waals surface area contributed by atoms with Crippen molar-refractivity contribution in [1.82, 2.24) is 9.97 Å². The molecule has 13 heavy (non-hydrogen) atoms. The van der Waals surface area contributed by atoms with Gasteiger partial charge in [0.2, 0.25) is 0 Å². The number of aryl methyl sites for hydroxylation is 2. The second kappa shape index (κ2) is 3.00. The van der Waals surface area contributed by atoms with Crippen LogP contribution in [0.2, 0.25) is 0 Å². The van der Waals surface area contributed by atoms with Gasteiger partial charge in [-0.2, -0.15) is 0 Å². The van der Waals surface area contributed by atoms with Gasteiger partial charge >= 0.3 is 0 Å². The second-order valence-corrected chi connectivity index (χ2v) is 3.19. The molecule has 3 nitrogen and oxygen atoms in total. The Bertz CT molecular complexity index is 450. The van der Waals surface area contributed by atoms with Crippen LogP contribution in [0.15, 0.2) is 10.5 Å². The molecule has 2 heterocycles. The predicted octanol–water partition coefficient (Wildman–Crippen LogP) is 2.58. The Morgan fingerprint density at radius 1 is 1.38 bits per heavy atom. The lowest BCUT2D eigenvalue weighted by Crippen LogP contribution is -1.90. The van der Waals surface area contributed by atoms with Crippen LogP contribution in [0.3, 0.4) is 0 Å². The van der Waals surface area contributed by atoms with E-state index < -0.39 is 0 Å². The van der Waals surface area contributed by atoms with E-state index in [0.29, 0.717) is 11.8 Å². The number of hydrogen-bond donors (Lipinski definition) is 0. The third kappa shape index (κ3) is 1.40. The molecule has 2 aromatic rings. The number of oxazole rings is 1. The van der Waals surface area contributed by atoms with E-state index in [2.05, 4.69) is 9.97 Å². The van der Waals surface area contributed by atoms with E-state index in [4.69, 9.17) is 16.0 Å². The van der Waals surface area contributed by atoms with Crippen molar-refractivity contribution < 1.29 is 4.42 Å². The summed E-state index contributed by atoms with van der Waals surface area (Å²) < 4.78 is 5.38. The lowest BCUT2D eigenvalue weighted by molar-refractivity contribution is 0.560. The quantitative estimate of drug-likeness (QED) is 0.658. The Morgan fingerprint density at radius 3 is 2.85 bits per heavy atom. The van der Waals surface area contributed by atoms with Crippen molar-refractivity contribution in [3.05, 3.63) is 23.3 Å². The van der Waals surface area contributed by atoms with Crippen LogP contribution in [0.5, 0.6) is 0 Å². The first-order chi connectivity index (χ1) is 6.20. The zero-order valence-corrected chi connectivity index (χ0v) is 8.22. The molecule has 2 aromatic heterocycles. The highest BCUT2D eigenvalue weighted by atomic mass is 35.5. The first-order valence-electron chi connectivity index (χ1n) is 4.00. The number of rotatable bonds is 1. The number of nitrogens with zero attached hydrogens (tertiary/aromatic N) is 2. The predicted molar refractivity (Wildman–Crippen MR) is 50.8 cm³/mol.